The number of nitrogens with two attached hydrogens (primary N) is 1. The van der Waals surface area contributed by atoms with Gasteiger partial charge in [-0.15, -0.1) is 0 Å². The summed E-state index contributed by atoms with van der Waals surface area (Å²) in [6.07, 6.45) is 4.26. The number of thioether (sulfide) groups is 1. The molecule has 18 heavy (non-hydrogen) atoms. The zero-order valence-corrected chi connectivity index (χ0v) is 11.9. The first-order chi connectivity index (χ1) is 8.61. The topological polar surface area (TPSA) is 46.3 Å². The van der Waals surface area contributed by atoms with E-state index in [4.69, 9.17) is 17.3 Å². The fraction of sp³-hybridized carbons (Fsp3) is 0.462. The highest BCUT2D eigenvalue weighted by molar-refractivity contribution is 7.99. The van der Waals surface area contributed by atoms with Crippen molar-refractivity contribution < 1.29 is 4.79 Å². The molecule has 0 aromatic heterocycles. The van der Waals surface area contributed by atoms with E-state index in [1.54, 1.807) is 18.2 Å². The number of nitrogen functional groups attached to an aromatic ring is 1. The van der Waals surface area contributed by atoms with Crippen LogP contribution in [0.25, 0.3) is 0 Å². The van der Waals surface area contributed by atoms with E-state index < -0.39 is 0 Å². The van der Waals surface area contributed by atoms with E-state index >= 15 is 0 Å². The summed E-state index contributed by atoms with van der Waals surface area (Å²) in [5.41, 5.74) is 6.77. The molecule has 0 aliphatic carbocycles. The van der Waals surface area contributed by atoms with Gasteiger partial charge < -0.3 is 10.6 Å². The lowest BCUT2D eigenvalue weighted by Gasteiger charge is -2.31. The summed E-state index contributed by atoms with van der Waals surface area (Å²) >= 11 is 7.83. The van der Waals surface area contributed by atoms with Gasteiger partial charge in [0.25, 0.3) is 5.91 Å². The second kappa shape index (κ2) is 5.85. The van der Waals surface area contributed by atoms with Gasteiger partial charge in [-0.2, -0.15) is 11.8 Å². The van der Waals surface area contributed by atoms with Crippen molar-refractivity contribution in [3.8, 4) is 0 Å². The van der Waals surface area contributed by atoms with Crippen LogP contribution in [0.4, 0.5) is 5.69 Å². The average molecular weight is 285 g/mol. The Morgan fingerprint density at radius 3 is 2.67 bits per heavy atom. The van der Waals surface area contributed by atoms with Crippen LogP contribution in [-0.4, -0.2) is 35.4 Å². The first kappa shape index (κ1) is 13.6. The first-order valence-electron chi connectivity index (χ1n) is 5.99. The minimum absolute atomic E-state index is 0.0523. The van der Waals surface area contributed by atoms with Gasteiger partial charge in [0.05, 0.1) is 10.7 Å². The molecule has 0 unspecified atom stereocenters. The van der Waals surface area contributed by atoms with Gasteiger partial charge in [0.1, 0.15) is 0 Å². The standard InChI is InChI=1S/C13H17ClN2OS/c1-18-10-4-6-16(7-5-10)13(17)9-2-3-12(15)11(14)8-9/h2-3,8,10H,4-7,15H2,1H3. The first-order valence-corrected chi connectivity index (χ1v) is 7.65. The molecule has 0 radical (unpaired) electrons. The predicted molar refractivity (Wildman–Crippen MR) is 78.3 cm³/mol. The number of hydrogen-bond donors (Lipinski definition) is 1. The van der Waals surface area contributed by atoms with Crippen molar-refractivity contribution in [2.75, 3.05) is 25.1 Å². The van der Waals surface area contributed by atoms with Crippen LogP contribution in [0.15, 0.2) is 18.2 Å². The van der Waals surface area contributed by atoms with Gasteiger partial charge in [0, 0.05) is 23.9 Å². The van der Waals surface area contributed by atoms with Crippen molar-refractivity contribution >= 4 is 35.0 Å². The molecule has 0 spiro atoms. The zero-order chi connectivity index (χ0) is 13.1. The maximum Gasteiger partial charge on any atom is 0.253 e. The highest BCUT2D eigenvalue weighted by atomic mass is 35.5. The Bertz CT molecular complexity index is 445. The number of piperidine rings is 1. The number of carbonyl (C=O) groups is 1. The van der Waals surface area contributed by atoms with E-state index in [2.05, 4.69) is 6.26 Å². The zero-order valence-electron chi connectivity index (χ0n) is 10.4. The Kier molecular flexibility index (Phi) is 4.40. The lowest BCUT2D eigenvalue weighted by atomic mass is 10.1. The summed E-state index contributed by atoms with van der Waals surface area (Å²) in [7, 11) is 0. The van der Waals surface area contributed by atoms with Gasteiger partial charge >= 0.3 is 0 Å². The van der Waals surface area contributed by atoms with Crippen LogP contribution in [0.2, 0.25) is 5.02 Å². The Labute approximate surface area is 117 Å². The minimum Gasteiger partial charge on any atom is -0.398 e. The second-order valence-electron chi connectivity index (χ2n) is 4.46. The van der Waals surface area contributed by atoms with Crippen molar-refractivity contribution in [1.29, 1.82) is 0 Å². The summed E-state index contributed by atoms with van der Waals surface area (Å²) in [6, 6.07) is 5.08. The SMILES string of the molecule is CSC1CCN(C(=O)c2ccc(N)c(Cl)c2)CC1. The van der Waals surface area contributed by atoms with Gasteiger partial charge in [0.2, 0.25) is 0 Å². The predicted octanol–water partition coefficient (Wildman–Crippen LogP) is 2.89. The lowest BCUT2D eigenvalue weighted by Crippen LogP contribution is -2.39. The van der Waals surface area contributed by atoms with E-state index in [-0.39, 0.29) is 5.91 Å². The van der Waals surface area contributed by atoms with Gasteiger partial charge in [-0.05, 0) is 37.3 Å². The van der Waals surface area contributed by atoms with Crippen molar-refractivity contribution in [3.05, 3.63) is 28.8 Å². The molecule has 3 nitrogen and oxygen atoms in total. The molecule has 0 atom stereocenters. The molecular formula is C13H17ClN2OS. The molecule has 98 valence electrons. The van der Waals surface area contributed by atoms with Crippen molar-refractivity contribution in [2.24, 2.45) is 0 Å². The number of hydrogen-bond acceptors (Lipinski definition) is 3. The van der Waals surface area contributed by atoms with Crippen molar-refractivity contribution in [2.45, 2.75) is 18.1 Å². The third-order valence-corrected chi connectivity index (χ3v) is 4.78. The van der Waals surface area contributed by atoms with E-state index in [9.17, 15) is 4.79 Å². The largest absolute Gasteiger partial charge is 0.398 e. The van der Waals surface area contributed by atoms with Gasteiger partial charge in [0.15, 0.2) is 0 Å². The maximum atomic E-state index is 12.3. The number of benzene rings is 1. The highest BCUT2D eigenvalue weighted by Crippen LogP contribution is 2.24. The Balaban J connectivity index is 2.05. The van der Waals surface area contributed by atoms with Crippen LogP contribution in [0, 0.1) is 0 Å². The fourth-order valence-electron chi connectivity index (χ4n) is 2.14. The van der Waals surface area contributed by atoms with Gasteiger partial charge in [-0.1, -0.05) is 11.6 Å². The second-order valence-corrected chi connectivity index (χ2v) is 6.01. The number of carbonyl (C=O) groups excluding carboxylic acids is 1. The van der Waals surface area contributed by atoms with Crippen LogP contribution >= 0.6 is 23.4 Å². The molecule has 1 heterocycles. The Morgan fingerprint density at radius 2 is 2.11 bits per heavy atom. The molecule has 0 bridgehead atoms. The van der Waals surface area contributed by atoms with Crippen molar-refractivity contribution in [3.63, 3.8) is 0 Å². The summed E-state index contributed by atoms with van der Waals surface area (Å²) in [5.74, 6) is 0.0523. The third-order valence-electron chi connectivity index (χ3n) is 3.31. The van der Waals surface area contributed by atoms with Crippen LogP contribution in [0.1, 0.15) is 23.2 Å². The number of anilines is 1. The fourth-order valence-corrected chi connectivity index (χ4v) is 3.00. The molecular weight excluding hydrogens is 268 g/mol. The van der Waals surface area contributed by atoms with Gasteiger partial charge in [-0.25, -0.2) is 0 Å². The molecule has 5 heteroatoms. The Morgan fingerprint density at radius 1 is 1.44 bits per heavy atom. The number of likely N-dealkylation sites (tertiary alicyclic amines) is 1. The molecule has 1 aliphatic heterocycles. The van der Waals surface area contributed by atoms with Crippen LogP contribution in [0.3, 0.4) is 0 Å². The molecule has 1 aromatic carbocycles. The number of nitrogens with zero attached hydrogens (tertiary/aromatic N) is 1. The van der Waals surface area contributed by atoms with Gasteiger partial charge in [-0.3, -0.25) is 4.79 Å². The smallest absolute Gasteiger partial charge is 0.253 e. The monoisotopic (exact) mass is 284 g/mol. The average Bonchev–Trinajstić information content (AvgIpc) is 2.41. The highest BCUT2D eigenvalue weighted by Gasteiger charge is 2.23. The van der Waals surface area contributed by atoms with E-state index in [0.717, 1.165) is 25.9 Å². The molecule has 1 amide bonds. The summed E-state index contributed by atoms with van der Waals surface area (Å²) in [4.78, 5) is 14.2. The normalized spacial score (nSPS) is 16.9. The lowest BCUT2D eigenvalue weighted by molar-refractivity contribution is 0.0727. The summed E-state index contributed by atoms with van der Waals surface area (Å²) in [5, 5.41) is 1.13. The van der Waals surface area contributed by atoms with Crippen LogP contribution in [-0.2, 0) is 0 Å². The Hall–Kier alpha value is -0.870. The number of amides is 1. The van der Waals surface area contributed by atoms with Crippen LogP contribution in [0.5, 0.6) is 0 Å². The van der Waals surface area contributed by atoms with Crippen molar-refractivity contribution in [1.82, 2.24) is 4.90 Å². The third kappa shape index (κ3) is 2.93. The number of halogens is 1. The molecule has 0 saturated carbocycles. The van der Waals surface area contributed by atoms with E-state index in [1.165, 1.54) is 0 Å². The summed E-state index contributed by atoms with van der Waals surface area (Å²) in [6.45, 7) is 1.65. The molecule has 1 fully saturated rings. The van der Waals surface area contributed by atoms with E-state index in [1.807, 2.05) is 16.7 Å². The molecule has 1 saturated heterocycles. The molecule has 2 N–H and O–H groups in total. The molecule has 1 aliphatic rings. The van der Waals surface area contributed by atoms with E-state index in [0.29, 0.717) is 21.5 Å². The van der Waals surface area contributed by atoms with Crippen LogP contribution < -0.4 is 5.73 Å². The summed E-state index contributed by atoms with van der Waals surface area (Å²) < 4.78 is 0. The maximum absolute atomic E-state index is 12.3. The molecule has 2 rings (SSSR count). The quantitative estimate of drug-likeness (QED) is 0.850. The molecule has 1 aromatic rings. The minimum atomic E-state index is 0.0523. The number of rotatable bonds is 2.